The van der Waals surface area contributed by atoms with Crippen molar-refractivity contribution in [3.63, 3.8) is 0 Å². The number of benzene rings is 2. The van der Waals surface area contributed by atoms with E-state index in [0.717, 1.165) is 24.1 Å². The van der Waals surface area contributed by atoms with Crippen molar-refractivity contribution >= 4 is 44.7 Å². The van der Waals surface area contributed by atoms with Gasteiger partial charge in [-0.3, -0.25) is 4.79 Å². The molecular formula is C33H30F2N6O3S. The maximum absolute atomic E-state index is 15.9. The van der Waals surface area contributed by atoms with Crippen molar-refractivity contribution in [3.8, 4) is 17.3 Å². The van der Waals surface area contributed by atoms with Crippen molar-refractivity contribution in [2.75, 3.05) is 49.6 Å². The average molecular weight is 629 g/mol. The molecule has 5 heterocycles. The third-order valence-corrected chi connectivity index (χ3v) is 10.6. The number of thiazole rings is 1. The maximum Gasteiger partial charge on any atom is 0.251 e. The lowest BCUT2D eigenvalue weighted by Gasteiger charge is -2.61. The molecule has 1 spiro atoms. The molecule has 2 atom stereocenters. The molecule has 8 rings (SSSR count). The lowest BCUT2D eigenvalue weighted by molar-refractivity contribution is -0.155. The molecule has 45 heavy (non-hydrogen) atoms. The first kappa shape index (κ1) is 28.3. The van der Waals surface area contributed by atoms with Crippen LogP contribution in [0.2, 0.25) is 0 Å². The average Bonchev–Trinajstić information content (AvgIpc) is 3.76. The number of carbonyl (C=O) groups excluding carboxylic acids is 1. The van der Waals surface area contributed by atoms with Crippen LogP contribution < -0.4 is 9.80 Å². The van der Waals surface area contributed by atoms with E-state index in [2.05, 4.69) is 16.0 Å². The zero-order valence-electron chi connectivity index (χ0n) is 24.6. The van der Waals surface area contributed by atoms with Crippen molar-refractivity contribution in [2.45, 2.75) is 37.9 Å². The quantitative estimate of drug-likeness (QED) is 0.326. The molecule has 0 radical (unpaired) electrons. The minimum atomic E-state index is -0.800. The first-order chi connectivity index (χ1) is 21.7. The molecule has 0 unspecified atom stereocenters. The van der Waals surface area contributed by atoms with Crippen molar-refractivity contribution in [1.29, 1.82) is 5.26 Å². The predicted octanol–water partition coefficient (Wildman–Crippen LogP) is 5.08. The van der Waals surface area contributed by atoms with Crippen molar-refractivity contribution in [1.82, 2.24) is 14.9 Å². The van der Waals surface area contributed by atoms with Gasteiger partial charge in [-0.05, 0) is 62.1 Å². The van der Waals surface area contributed by atoms with Gasteiger partial charge in [-0.15, -0.1) is 0 Å². The van der Waals surface area contributed by atoms with E-state index >= 15 is 4.39 Å². The van der Waals surface area contributed by atoms with Gasteiger partial charge in [0, 0.05) is 67.4 Å². The summed E-state index contributed by atoms with van der Waals surface area (Å²) < 4.78 is 35.0. The number of fused-ring (bicyclic) bond motifs is 2. The fourth-order valence-corrected chi connectivity index (χ4v) is 8.18. The number of likely N-dealkylation sites (tertiary alicyclic amines) is 1. The molecule has 1 N–H and O–H groups in total. The highest BCUT2D eigenvalue weighted by Gasteiger charge is 2.54. The second-order valence-electron chi connectivity index (χ2n) is 12.6. The SMILES string of the molecule is CN(c1nc(-c2ccc(F)cc2)c(C#N)s1)c1c2c(nc3c(F)cc(N4CC5(CN(C(=O)[C@@H]6CCCO6)C5)C4)cc13)[C@@H](O)CC2. The number of nitrogens with zero attached hydrogens (tertiary/aromatic N) is 6. The molecule has 4 aromatic rings. The van der Waals surface area contributed by atoms with E-state index in [4.69, 9.17) is 9.72 Å². The van der Waals surface area contributed by atoms with Crippen LogP contribution in [0.3, 0.4) is 0 Å². The normalized spacial score (nSPS) is 21.5. The summed E-state index contributed by atoms with van der Waals surface area (Å²) in [4.78, 5) is 28.4. The van der Waals surface area contributed by atoms with Gasteiger partial charge in [0.1, 0.15) is 34.1 Å². The number of hydrogen-bond acceptors (Lipinski definition) is 9. The lowest BCUT2D eigenvalue weighted by Crippen LogP contribution is -2.73. The van der Waals surface area contributed by atoms with Crippen molar-refractivity contribution in [3.05, 3.63) is 64.2 Å². The predicted molar refractivity (Wildman–Crippen MR) is 165 cm³/mol. The number of aromatic nitrogens is 2. The first-order valence-corrected chi connectivity index (χ1v) is 16.0. The Kier molecular flexibility index (Phi) is 6.57. The van der Waals surface area contributed by atoms with Crippen LogP contribution in [0, 0.1) is 28.4 Å². The highest BCUT2D eigenvalue weighted by atomic mass is 32.1. The third kappa shape index (κ3) is 4.56. The number of anilines is 3. The number of pyridine rings is 1. The fraction of sp³-hybridized carbons (Fsp3) is 0.394. The zero-order valence-corrected chi connectivity index (χ0v) is 25.4. The van der Waals surface area contributed by atoms with Crippen LogP contribution in [0.25, 0.3) is 22.2 Å². The highest BCUT2D eigenvalue weighted by Crippen LogP contribution is 2.48. The fourth-order valence-electron chi connectivity index (χ4n) is 7.32. The van der Waals surface area contributed by atoms with Crippen molar-refractivity contribution < 1.29 is 23.4 Å². The number of ether oxygens (including phenoxy) is 1. The Morgan fingerprint density at radius 2 is 1.93 bits per heavy atom. The van der Waals surface area contributed by atoms with Gasteiger partial charge in [0.2, 0.25) is 0 Å². The van der Waals surface area contributed by atoms with Gasteiger partial charge < -0.3 is 24.5 Å². The summed E-state index contributed by atoms with van der Waals surface area (Å²) in [5, 5.41) is 21.8. The summed E-state index contributed by atoms with van der Waals surface area (Å²) in [5.74, 6) is -0.782. The third-order valence-electron chi connectivity index (χ3n) is 9.56. The van der Waals surface area contributed by atoms with Crippen LogP contribution in [-0.2, 0) is 16.0 Å². The van der Waals surface area contributed by atoms with E-state index in [9.17, 15) is 19.6 Å². The number of carbonyl (C=O) groups is 1. The molecule has 3 fully saturated rings. The molecular weight excluding hydrogens is 598 g/mol. The standard InChI is InChI=1S/C33H30F2N6O3S/c1-39(32-38-27(26(13-36)45-32)18-4-6-19(34)7-5-18)30-21-8-9-24(42)29(21)37-28-22(30)11-20(12-23(28)35)40-14-33(15-40)16-41(17-33)31(43)25-3-2-10-44-25/h4-7,11-12,24-25,42H,2-3,8-10,14-17H2,1H3/t24-,25-/m0/s1. The summed E-state index contributed by atoms with van der Waals surface area (Å²) in [7, 11) is 1.82. The van der Waals surface area contributed by atoms with E-state index in [0.29, 0.717) is 83.7 Å². The van der Waals surface area contributed by atoms with Crippen LogP contribution >= 0.6 is 11.3 Å². The first-order valence-electron chi connectivity index (χ1n) is 15.1. The minimum absolute atomic E-state index is 0.00491. The van der Waals surface area contributed by atoms with E-state index in [1.165, 1.54) is 29.5 Å². The van der Waals surface area contributed by atoms with Gasteiger partial charge >= 0.3 is 0 Å². The number of halogens is 2. The van der Waals surface area contributed by atoms with E-state index < -0.39 is 11.9 Å². The molecule has 12 heteroatoms. The molecule has 2 aromatic carbocycles. The van der Waals surface area contributed by atoms with Crippen LogP contribution in [0.4, 0.5) is 25.3 Å². The van der Waals surface area contributed by atoms with Gasteiger partial charge in [0.05, 0.1) is 17.5 Å². The largest absolute Gasteiger partial charge is 0.387 e. The second-order valence-corrected chi connectivity index (χ2v) is 13.6. The summed E-state index contributed by atoms with van der Waals surface area (Å²) in [6.07, 6.45) is 1.63. The molecule has 1 amide bonds. The second kappa shape index (κ2) is 10.4. The Balaban J connectivity index is 1.13. The number of rotatable bonds is 5. The Hall–Kier alpha value is -4.18. The zero-order chi connectivity index (χ0) is 31.0. The molecule has 230 valence electrons. The molecule has 1 aliphatic carbocycles. The topological polar surface area (TPSA) is 106 Å². The van der Waals surface area contributed by atoms with E-state index in [1.807, 2.05) is 22.9 Å². The van der Waals surface area contributed by atoms with E-state index in [-0.39, 0.29) is 28.8 Å². The van der Waals surface area contributed by atoms with Gasteiger partial charge in [-0.25, -0.2) is 18.7 Å². The molecule has 9 nitrogen and oxygen atoms in total. The highest BCUT2D eigenvalue weighted by molar-refractivity contribution is 7.16. The molecule has 0 bridgehead atoms. The van der Waals surface area contributed by atoms with Crippen LogP contribution in [-0.4, -0.2) is 71.8 Å². The minimum Gasteiger partial charge on any atom is -0.387 e. The maximum atomic E-state index is 15.9. The smallest absolute Gasteiger partial charge is 0.251 e. The molecule has 3 saturated heterocycles. The van der Waals surface area contributed by atoms with Crippen molar-refractivity contribution in [2.24, 2.45) is 5.41 Å². The number of aliphatic hydroxyl groups is 1. The molecule has 2 aromatic heterocycles. The van der Waals surface area contributed by atoms with Crippen LogP contribution in [0.15, 0.2) is 36.4 Å². The van der Waals surface area contributed by atoms with Gasteiger partial charge in [-0.2, -0.15) is 5.26 Å². The summed E-state index contributed by atoms with van der Waals surface area (Å²) in [6.45, 7) is 3.44. The Bertz CT molecular complexity index is 1890. The number of hydrogen-bond donors (Lipinski definition) is 1. The van der Waals surface area contributed by atoms with E-state index in [1.54, 1.807) is 12.1 Å². The summed E-state index contributed by atoms with van der Waals surface area (Å²) in [6, 6.07) is 11.5. The van der Waals surface area contributed by atoms with Crippen LogP contribution in [0.1, 0.15) is 41.5 Å². The number of amides is 1. The van der Waals surface area contributed by atoms with Gasteiger partial charge in [-0.1, -0.05) is 11.3 Å². The molecule has 4 aliphatic rings. The Morgan fingerprint density at radius 1 is 1.16 bits per heavy atom. The van der Waals surface area contributed by atoms with Crippen LogP contribution in [0.5, 0.6) is 0 Å². The molecule has 0 saturated carbocycles. The lowest BCUT2D eigenvalue weighted by atomic mass is 9.72. The monoisotopic (exact) mass is 628 g/mol. The Labute approximate surface area is 262 Å². The van der Waals surface area contributed by atoms with Gasteiger partial charge in [0.25, 0.3) is 5.91 Å². The summed E-state index contributed by atoms with van der Waals surface area (Å²) in [5.41, 5.74) is 3.96. The summed E-state index contributed by atoms with van der Waals surface area (Å²) >= 11 is 1.20. The van der Waals surface area contributed by atoms with Gasteiger partial charge in [0.15, 0.2) is 10.9 Å². The number of nitriles is 1. The number of aliphatic hydroxyl groups excluding tert-OH is 1. The Morgan fingerprint density at radius 3 is 2.64 bits per heavy atom. The molecule has 3 aliphatic heterocycles.